The molecule has 3 nitrogen and oxygen atoms in total. The molecule has 0 aliphatic heterocycles. The monoisotopic (exact) mass is 243 g/mol. The number of rotatable bonds is 4. The van der Waals surface area contributed by atoms with Gasteiger partial charge in [0, 0.05) is 0 Å². The zero-order valence-corrected chi connectivity index (χ0v) is 9.14. The lowest BCUT2D eigenvalue weighted by Crippen LogP contribution is -3.00. The van der Waals surface area contributed by atoms with E-state index in [-0.39, 0.29) is 23.5 Å². The van der Waals surface area contributed by atoms with Gasteiger partial charge in [-0.25, -0.2) is 4.39 Å². The summed E-state index contributed by atoms with van der Waals surface area (Å²) in [5.41, 5.74) is 0. The van der Waals surface area contributed by atoms with Crippen LogP contribution in [0.4, 0.5) is 4.39 Å². The van der Waals surface area contributed by atoms with Crippen molar-refractivity contribution < 1.29 is 35.8 Å². The number of alkyl halides is 1. The van der Waals surface area contributed by atoms with Gasteiger partial charge in [0.25, 0.3) is 0 Å². The Kier molecular flexibility index (Phi) is 6.79. The molecule has 1 unspecified atom stereocenters. The van der Waals surface area contributed by atoms with Crippen LogP contribution in [-0.4, -0.2) is 55.8 Å². The highest BCUT2D eigenvalue weighted by Gasteiger charge is 2.21. The molecule has 0 rings (SSSR count). The number of carbonyl (C=O) groups excluding carboxylic acids is 1. The molecule has 0 aliphatic rings. The van der Waals surface area contributed by atoms with Crippen molar-refractivity contribution in [2.45, 2.75) is 6.10 Å². The topological polar surface area (TPSA) is 37.3 Å². The quantitative estimate of drug-likeness (QED) is 0.523. The average molecular weight is 244 g/mol. The molecule has 1 atom stereocenters. The Hall–Kier alpha value is -0.0000000000000000555. The van der Waals surface area contributed by atoms with Crippen molar-refractivity contribution in [3.63, 3.8) is 0 Å². The van der Waals surface area contributed by atoms with Crippen molar-refractivity contribution in [2.24, 2.45) is 0 Å². The lowest BCUT2D eigenvalue weighted by molar-refractivity contribution is -0.872. The number of aliphatic hydroxyl groups excluding tert-OH is 1. The van der Waals surface area contributed by atoms with E-state index < -0.39 is 18.6 Å². The van der Waals surface area contributed by atoms with Crippen LogP contribution < -0.4 is 17.0 Å². The maximum atomic E-state index is 11.7. The van der Waals surface area contributed by atoms with Crippen LogP contribution in [0.2, 0.25) is 0 Å². The number of aliphatic hydroxyl groups is 1. The molecule has 0 heterocycles. The van der Waals surface area contributed by atoms with Crippen LogP contribution in [-0.2, 0) is 4.79 Å². The molecule has 0 fully saturated rings. The maximum absolute atomic E-state index is 11.7. The number of Topliss-reactive ketones (excluding diaryl/α,β-unsaturated/α-hetero) is 1. The molecule has 0 saturated carbocycles. The van der Waals surface area contributed by atoms with Gasteiger partial charge in [-0.1, -0.05) is 0 Å². The third kappa shape index (κ3) is 6.69. The molecule has 1 N–H and O–H groups in total. The Labute approximate surface area is 82.5 Å². The van der Waals surface area contributed by atoms with Gasteiger partial charge < -0.3 is 26.6 Å². The molecule has 0 saturated heterocycles. The van der Waals surface area contributed by atoms with Crippen molar-refractivity contribution in [1.29, 1.82) is 0 Å². The van der Waals surface area contributed by atoms with E-state index in [1.807, 2.05) is 21.1 Å². The summed E-state index contributed by atoms with van der Waals surface area (Å²) in [5, 5.41) is 9.05. The van der Waals surface area contributed by atoms with Crippen LogP contribution in [0.5, 0.6) is 0 Å². The maximum Gasteiger partial charge on any atom is 0.197 e. The highest BCUT2D eigenvalue weighted by molar-refractivity contribution is 5.83. The summed E-state index contributed by atoms with van der Waals surface area (Å²) in [5.74, 6) is -0.738. The van der Waals surface area contributed by atoms with Gasteiger partial charge in [0.05, 0.1) is 21.1 Å². The van der Waals surface area contributed by atoms with Gasteiger partial charge in [-0.15, -0.1) is 0 Å². The number of hydrogen-bond donors (Lipinski definition) is 1. The van der Waals surface area contributed by atoms with Gasteiger partial charge in [0.2, 0.25) is 0 Å². The van der Waals surface area contributed by atoms with E-state index in [9.17, 15) is 9.18 Å². The number of hydrogen-bond acceptors (Lipinski definition) is 2. The third-order valence-electron chi connectivity index (χ3n) is 1.22. The zero-order valence-electron chi connectivity index (χ0n) is 7.55. The molecule has 0 bridgehead atoms. The van der Waals surface area contributed by atoms with Crippen molar-refractivity contribution in [3.8, 4) is 0 Å². The fourth-order valence-electron chi connectivity index (χ4n) is 0.710. The Morgan fingerprint density at radius 1 is 1.50 bits per heavy atom. The number of quaternary nitrogens is 1. The van der Waals surface area contributed by atoms with Crippen LogP contribution in [0.1, 0.15) is 0 Å². The van der Waals surface area contributed by atoms with E-state index in [4.69, 9.17) is 5.11 Å². The Morgan fingerprint density at radius 2 is 1.92 bits per heavy atom. The van der Waals surface area contributed by atoms with Crippen molar-refractivity contribution in [3.05, 3.63) is 0 Å². The molecule has 0 aromatic heterocycles. The lowest BCUT2D eigenvalue weighted by Gasteiger charge is -2.25. The number of carbonyl (C=O) groups is 1. The fourth-order valence-corrected chi connectivity index (χ4v) is 0.710. The summed E-state index contributed by atoms with van der Waals surface area (Å²) in [6.45, 7) is -0.829. The van der Waals surface area contributed by atoms with Crippen molar-refractivity contribution in [2.75, 3.05) is 34.4 Å². The first-order chi connectivity index (χ1) is 4.87. The SMILES string of the molecule is C[N+](C)(C)CC(O)C(=O)CF.[Br-]. The predicted molar refractivity (Wildman–Crippen MR) is 39.9 cm³/mol. The predicted octanol–water partition coefficient (Wildman–Crippen LogP) is -3.40. The van der Waals surface area contributed by atoms with E-state index in [0.29, 0.717) is 4.48 Å². The molecule has 0 amide bonds. The first-order valence-corrected chi connectivity index (χ1v) is 3.44. The van der Waals surface area contributed by atoms with Gasteiger partial charge in [0.1, 0.15) is 6.54 Å². The van der Waals surface area contributed by atoms with E-state index in [2.05, 4.69) is 0 Å². The van der Waals surface area contributed by atoms with Crippen LogP contribution in [0.25, 0.3) is 0 Å². The number of ketones is 1. The number of nitrogens with zero attached hydrogens (tertiary/aromatic N) is 1. The molecule has 0 radical (unpaired) electrons. The van der Waals surface area contributed by atoms with E-state index in [0.717, 1.165) is 0 Å². The molecular formula is C7H15BrFNO2. The van der Waals surface area contributed by atoms with Gasteiger partial charge in [-0.2, -0.15) is 0 Å². The first-order valence-electron chi connectivity index (χ1n) is 3.44. The van der Waals surface area contributed by atoms with E-state index in [1.165, 1.54) is 0 Å². The second kappa shape index (κ2) is 5.61. The molecule has 5 heteroatoms. The fraction of sp³-hybridized carbons (Fsp3) is 0.857. The van der Waals surface area contributed by atoms with Crippen LogP contribution in [0.15, 0.2) is 0 Å². The van der Waals surface area contributed by atoms with Gasteiger partial charge in [-0.3, -0.25) is 4.79 Å². The second-order valence-corrected chi connectivity index (χ2v) is 3.59. The third-order valence-corrected chi connectivity index (χ3v) is 1.22. The summed E-state index contributed by atoms with van der Waals surface area (Å²) in [4.78, 5) is 10.6. The van der Waals surface area contributed by atoms with Gasteiger partial charge in [0.15, 0.2) is 18.6 Å². The van der Waals surface area contributed by atoms with Gasteiger partial charge in [-0.05, 0) is 0 Å². The molecule has 0 aromatic rings. The summed E-state index contributed by atoms with van der Waals surface area (Å²) in [6.07, 6.45) is -1.17. The standard InChI is InChI=1S/C7H15FNO2.BrH/c1-9(2,3)5-7(11)6(10)4-8;/h7,11H,4-5H2,1-3H3;1H/q+1;/p-1. The molecule has 12 heavy (non-hydrogen) atoms. The summed E-state index contributed by atoms with van der Waals surface area (Å²) >= 11 is 0. The largest absolute Gasteiger partial charge is 1.00 e. The van der Waals surface area contributed by atoms with E-state index >= 15 is 0 Å². The summed E-state index contributed by atoms with van der Waals surface area (Å²) in [6, 6.07) is 0. The van der Waals surface area contributed by atoms with Crippen LogP contribution in [0.3, 0.4) is 0 Å². The number of halogens is 2. The molecule has 0 aromatic carbocycles. The highest BCUT2D eigenvalue weighted by atomic mass is 79.9. The Morgan fingerprint density at radius 3 is 2.17 bits per heavy atom. The summed E-state index contributed by atoms with van der Waals surface area (Å²) < 4.78 is 12.1. The van der Waals surface area contributed by atoms with Crippen LogP contribution in [0, 0.1) is 0 Å². The molecule has 0 aliphatic carbocycles. The zero-order chi connectivity index (χ0) is 9.07. The van der Waals surface area contributed by atoms with Crippen LogP contribution >= 0.6 is 0 Å². The minimum absolute atomic E-state index is 0. The minimum atomic E-state index is -1.17. The first kappa shape index (κ1) is 14.5. The normalized spacial score (nSPS) is 13.4. The number of likely N-dealkylation sites (N-methyl/N-ethyl adjacent to an activating group) is 1. The Balaban J connectivity index is 0. The lowest BCUT2D eigenvalue weighted by atomic mass is 10.2. The Bertz CT molecular complexity index is 147. The average Bonchev–Trinajstić information content (AvgIpc) is 1.82. The van der Waals surface area contributed by atoms with Crippen molar-refractivity contribution in [1.82, 2.24) is 0 Å². The van der Waals surface area contributed by atoms with Crippen molar-refractivity contribution >= 4 is 5.78 Å². The smallest absolute Gasteiger partial charge is 0.197 e. The molecule has 0 spiro atoms. The molecular weight excluding hydrogens is 229 g/mol. The highest BCUT2D eigenvalue weighted by Crippen LogP contribution is 1.96. The van der Waals surface area contributed by atoms with Gasteiger partial charge >= 0.3 is 0 Å². The summed E-state index contributed by atoms with van der Waals surface area (Å²) in [7, 11) is 5.48. The van der Waals surface area contributed by atoms with E-state index in [1.54, 1.807) is 0 Å². The second-order valence-electron chi connectivity index (χ2n) is 3.59. The molecule has 74 valence electrons. The minimum Gasteiger partial charge on any atom is -1.00 e.